The van der Waals surface area contributed by atoms with Gasteiger partial charge in [-0.1, -0.05) is 11.8 Å². The van der Waals surface area contributed by atoms with Crippen LogP contribution in [0.15, 0.2) is 18.2 Å². The van der Waals surface area contributed by atoms with E-state index in [-0.39, 0.29) is 24.8 Å². The van der Waals surface area contributed by atoms with Gasteiger partial charge in [0.1, 0.15) is 5.82 Å². The van der Waals surface area contributed by atoms with Crippen molar-refractivity contribution >= 4 is 5.91 Å². The van der Waals surface area contributed by atoms with Crippen LogP contribution >= 0.6 is 0 Å². The Balaban J connectivity index is 2.24. The molecule has 1 aromatic carbocycles. The fourth-order valence-electron chi connectivity index (χ4n) is 2.43. The summed E-state index contributed by atoms with van der Waals surface area (Å²) < 4.78 is 13.9. The van der Waals surface area contributed by atoms with Gasteiger partial charge in [-0.25, -0.2) is 4.39 Å². The Morgan fingerprint density at radius 2 is 2.24 bits per heavy atom. The van der Waals surface area contributed by atoms with Crippen LogP contribution in [-0.2, 0) is 0 Å². The number of carbonyl (C=O) groups is 1. The highest BCUT2D eigenvalue weighted by molar-refractivity contribution is 5.95. The van der Waals surface area contributed by atoms with Gasteiger partial charge in [0.25, 0.3) is 5.91 Å². The molecule has 1 atom stereocenters. The van der Waals surface area contributed by atoms with E-state index in [1.165, 1.54) is 23.1 Å². The van der Waals surface area contributed by atoms with Gasteiger partial charge in [-0.15, -0.1) is 0 Å². The molecule has 1 aromatic rings. The first-order valence-corrected chi connectivity index (χ1v) is 6.98. The molecule has 1 amide bonds. The molecule has 2 rings (SSSR count). The van der Waals surface area contributed by atoms with Crippen LogP contribution in [0, 0.1) is 17.7 Å². The van der Waals surface area contributed by atoms with Gasteiger partial charge in [0.05, 0.1) is 24.8 Å². The molecule has 112 valence electrons. The summed E-state index contributed by atoms with van der Waals surface area (Å²) in [4.78, 5) is 13.9. The van der Waals surface area contributed by atoms with E-state index in [0.29, 0.717) is 18.5 Å². The van der Waals surface area contributed by atoms with Crippen LogP contribution in [0.2, 0.25) is 0 Å². The smallest absolute Gasteiger partial charge is 0.257 e. The number of hydrogen-bond donors (Lipinski definition) is 2. The Morgan fingerprint density at radius 3 is 2.95 bits per heavy atom. The zero-order valence-corrected chi connectivity index (χ0v) is 11.7. The van der Waals surface area contributed by atoms with Crippen molar-refractivity contribution in [2.75, 3.05) is 19.8 Å². The van der Waals surface area contributed by atoms with Gasteiger partial charge in [-0.05, 0) is 31.0 Å². The molecule has 0 bridgehead atoms. The van der Waals surface area contributed by atoms with E-state index in [1.54, 1.807) is 0 Å². The van der Waals surface area contributed by atoms with Crippen LogP contribution in [0.5, 0.6) is 0 Å². The van der Waals surface area contributed by atoms with Gasteiger partial charge in [0, 0.05) is 18.5 Å². The molecule has 1 aliphatic heterocycles. The van der Waals surface area contributed by atoms with Crippen molar-refractivity contribution in [2.45, 2.75) is 25.3 Å². The number of carbonyl (C=O) groups excluding carboxylic acids is 1. The summed E-state index contributed by atoms with van der Waals surface area (Å²) in [5.41, 5.74) is 0.513. The van der Waals surface area contributed by atoms with Crippen molar-refractivity contribution in [3.05, 3.63) is 35.1 Å². The molecular weight excluding hydrogens is 273 g/mol. The standard InChI is InChI=1S/C16H18FNO3/c17-15-7-6-12(4-1-2-9-19)10-14(15)16(21)18-8-3-5-13(18)11-20/h6-7,10,13,19-20H,2-3,5,8-9,11H2. The quantitative estimate of drug-likeness (QED) is 0.822. The second-order valence-electron chi connectivity index (χ2n) is 4.95. The summed E-state index contributed by atoms with van der Waals surface area (Å²) in [5.74, 6) is 4.53. The number of aliphatic hydroxyl groups is 2. The van der Waals surface area contributed by atoms with Crippen LogP contribution in [0.4, 0.5) is 4.39 Å². The van der Waals surface area contributed by atoms with Crippen LogP contribution in [0.3, 0.4) is 0 Å². The molecule has 0 aliphatic carbocycles. The van der Waals surface area contributed by atoms with E-state index in [2.05, 4.69) is 11.8 Å². The maximum atomic E-state index is 13.9. The molecule has 1 heterocycles. The van der Waals surface area contributed by atoms with Crippen molar-refractivity contribution in [3.8, 4) is 11.8 Å². The molecule has 1 aliphatic rings. The summed E-state index contributed by atoms with van der Waals surface area (Å²) in [5, 5.41) is 17.9. The fourth-order valence-corrected chi connectivity index (χ4v) is 2.43. The third-order valence-electron chi connectivity index (χ3n) is 3.52. The van der Waals surface area contributed by atoms with E-state index in [0.717, 1.165) is 12.8 Å². The molecule has 2 N–H and O–H groups in total. The predicted octanol–water partition coefficient (Wildman–Crippen LogP) is 1.16. The lowest BCUT2D eigenvalue weighted by molar-refractivity contribution is 0.0673. The number of likely N-dealkylation sites (tertiary alicyclic amines) is 1. The molecular formula is C16H18FNO3. The largest absolute Gasteiger partial charge is 0.395 e. The van der Waals surface area contributed by atoms with E-state index in [9.17, 15) is 14.3 Å². The summed E-state index contributed by atoms with van der Waals surface area (Å²) in [6.07, 6.45) is 1.88. The number of nitrogens with zero attached hydrogens (tertiary/aromatic N) is 1. The lowest BCUT2D eigenvalue weighted by atomic mass is 10.1. The Bertz CT molecular complexity index is 577. The van der Waals surface area contributed by atoms with Crippen LogP contribution in [0.25, 0.3) is 0 Å². The highest BCUT2D eigenvalue weighted by Gasteiger charge is 2.30. The Hall–Kier alpha value is -1.90. The first kappa shape index (κ1) is 15.5. The molecule has 1 fully saturated rings. The molecule has 1 unspecified atom stereocenters. The van der Waals surface area contributed by atoms with Crippen LogP contribution in [-0.4, -0.2) is 46.8 Å². The maximum absolute atomic E-state index is 13.9. The van der Waals surface area contributed by atoms with E-state index >= 15 is 0 Å². The average Bonchev–Trinajstić information content (AvgIpc) is 2.97. The molecule has 1 saturated heterocycles. The topological polar surface area (TPSA) is 60.8 Å². The third-order valence-corrected chi connectivity index (χ3v) is 3.52. The van der Waals surface area contributed by atoms with Gasteiger partial charge in [0.15, 0.2) is 0 Å². The second kappa shape index (κ2) is 7.21. The number of rotatable bonds is 3. The lowest BCUT2D eigenvalue weighted by Crippen LogP contribution is -2.38. The zero-order chi connectivity index (χ0) is 15.2. The number of amides is 1. The monoisotopic (exact) mass is 291 g/mol. The number of benzene rings is 1. The van der Waals surface area contributed by atoms with Gasteiger partial charge in [-0.3, -0.25) is 4.79 Å². The normalized spacial score (nSPS) is 17.5. The molecule has 0 radical (unpaired) electrons. The van der Waals surface area contributed by atoms with E-state index < -0.39 is 11.7 Å². The highest BCUT2D eigenvalue weighted by Crippen LogP contribution is 2.21. The summed E-state index contributed by atoms with van der Waals surface area (Å²) in [7, 11) is 0. The average molecular weight is 291 g/mol. The number of hydrogen-bond acceptors (Lipinski definition) is 3. The van der Waals surface area contributed by atoms with Crippen molar-refractivity contribution < 1.29 is 19.4 Å². The SMILES string of the molecule is O=C(c1cc(C#CCCO)ccc1F)N1CCCC1CO. The molecule has 0 saturated carbocycles. The minimum atomic E-state index is -0.587. The summed E-state index contributed by atoms with van der Waals surface area (Å²) in [6, 6.07) is 3.92. The Labute approximate surface area is 123 Å². The number of aliphatic hydroxyl groups excluding tert-OH is 2. The Kier molecular flexibility index (Phi) is 5.32. The fraction of sp³-hybridized carbons (Fsp3) is 0.438. The van der Waals surface area contributed by atoms with Gasteiger partial charge in [-0.2, -0.15) is 0 Å². The highest BCUT2D eigenvalue weighted by atomic mass is 19.1. The van der Waals surface area contributed by atoms with Gasteiger partial charge in [0.2, 0.25) is 0 Å². The molecule has 5 heteroatoms. The first-order valence-electron chi connectivity index (χ1n) is 6.98. The molecule has 0 aromatic heterocycles. The van der Waals surface area contributed by atoms with Crippen molar-refractivity contribution in [1.29, 1.82) is 0 Å². The summed E-state index contributed by atoms with van der Waals surface area (Å²) in [6.45, 7) is 0.388. The van der Waals surface area contributed by atoms with Crippen molar-refractivity contribution in [2.24, 2.45) is 0 Å². The first-order chi connectivity index (χ1) is 10.2. The lowest BCUT2D eigenvalue weighted by Gasteiger charge is -2.23. The van der Waals surface area contributed by atoms with Crippen molar-refractivity contribution in [3.63, 3.8) is 0 Å². The number of halogens is 1. The Morgan fingerprint density at radius 1 is 1.43 bits per heavy atom. The molecule has 0 spiro atoms. The van der Waals surface area contributed by atoms with E-state index in [1.807, 2.05) is 0 Å². The zero-order valence-electron chi connectivity index (χ0n) is 11.7. The van der Waals surface area contributed by atoms with Gasteiger partial charge < -0.3 is 15.1 Å². The minimum absolute atomic E-state index is 0.0221. The maximum Gasteiger partial charge on any atom is 0.257 e. The van der Waals surface area contributed by atoms with Crippen LogP contribution < -0.4 is 0 Å². The molecule has 4 nitrogen and oxygen atoms in total. The molecule has 21 heavy (non-hydrogen) atoms. The van der Waals surface area contributed by atoms with Crippen molar-refractivity contribution in [1.82, 2.24) is 4.90 Å². The summed E-state index contributed by atoms with van der Waals surface area (Å²) >= 11 is 0. The minimum Gasteiger partial charge on any atom is -0.395 e. The van der Waals surface area contributed by atoms with Crippen LogP contribution in [0.1, 0.15) is 35.2 Å². The second-order valence-corrected chi connectivity index (χ2v) is 4.95. The predicted molar refractivity (Wildman–Crippen MR) is 76.1 cm³/mol. The van der Waals surface area contributed by atoms with E-state index in [4.69, 9.17) is 5.11 Å². The third kappa shape index (κ3) is 3.60. The van der Waals surface area contributed by atoms with Gasteiger partial charge >= 0.3 is 0 Å².